The average molecular weight is 506 g/mol. The van der Waals surface area contributed by atoms with E-state index in [0.717, 1.165) is 16.9 Å². The van der Waals surface area contributed by atoms with E-state index in [4.69, 9.17) is 11.6 Å². The van der Waals surface area contributed by atoms with Gasteiger partial charge in [0.1, 0.15) is 5.75 Å². The minimum atomic E-state index is -0.970. The van der Waals surface area contributed by atoms with Crippen LogP contribution in [-0.4, -0.2) is 63.0 Å². The highest BCUT2D eigenvalue weighted by molar-refractivity contribution is 7.16. The van der Waals surface area contributed by atoms with Crippen molar-refractivity contribution in [1.82, 2.24) is 10.3 Å². The molecular formula is C22H20ClN3O5S2. The third-order valence-electron chi connectivity index (χ3n) is 5.17. The number of amides is 2. The van der Waals surface area contributed by atoms with E-state index in [1.54, 1.807) is 24.4 Å². The van der Waals surface area contributed by atoms with Gasteiger partial charge in [0, 0.05) is 23.5 Å². The van der Waals surface area contributed by atoms with Crippen LogP contribution in [0.5, 0.6) is 5.75 Å². The Morgan fingerprint density at radius 3 is 2.39 bits per heavy atom. The molecule has 2 aromatic heterocycles. The van der Waals surface area contributed by atoms with Crippen molar-refractivity contribution in [3.05, 3.63) is 62.1 Å². The van der Waals surface area contributed by atoms with Gasteiger partial charge in [-0.1, -0.05) is 23.7 Å². The van der Waals surface area contributed by atoms with Crippen molar-refractivity contribution < 1.29 is 24.9 Å². The van der Waals surface area contributed by atoms with Crippen molar-refractivity contribution in [1.29, 1.82) is 0 Å². The second kappa shape index (κ2) is 9.62. The van der Waals surface area contributed by atoms with E-state index in [-0.39, 0.29) is 29.6 Å². The highest BCUT2D eigenvalue weighted by Gasteiger charge is 2.33. The van der Waals surface area contributed by atoms with Gasteiger partial charge in [0.25, 0.3) is 11.8 Å². The number of rotatable bonds is 5. The number of aliphatic hydroxyl groups excluding tert-OH is 2. The molecule has 3 aromatic rings. The normalized spacial score (nSPS) is 18.5. The van der Waals surface area contributed by atoms with Crippen LogP contribution in [0.2, 0.25) is 5.02 Å². The van der Waals surface area contributed by atoms with Crippen LogP contribution in [-0.2, 0) is 0 Å². The van der Waals surface area contributed by atoms with E-state index in [1.165, 1.54) is 28.4 Å². The van der Waals surface area contributed by atoms with Crippen molar-refractivity contribution in [2.24, 2.45) is 5.10 Å². The smallest absolute Gasteiger partial charge is 0.281 e. The molecule has 1 saturated heterocycles. The van der Waals surface area contributed by atoms with E-state index in [1.807, 2.05) is 12.1 Å². The third kappa shape index (κ3) is 4.94. The monoisotopic (exact) mass is 505 g/mol. The predicted molar refractivity (Wildman–Crippen MR) is 128 cm³/mol. The van der Waals surface area contributed by atoms with Gasteiger partial charge in [-0.25, -0.2) is 5.43 Å². The number of hydrogen-bond donors (Lipinski definition) is 4. The van der Waals surface area contributed by atoms with Crippen molar-refractivity contribution in [3.8, 4) is 16.2 Å². The van der Waals surface area contributed by atoms with Crippen LogP contribution >= 0.6 is 34.3 Å². The highest BCUT2D eigenvalue weighted by atomic mass is 35.5. The summed E-state index contributed by atoms with van der Waals surface area (Å²) in [7, 11) is 0. The second-order valence-corrected chi connectivity index (χ2v) is 9.88. The lowest BCUT2D eigenvalue weighted by Gasteiger charge is -2.13. The molecule has 1 aromatic carbocycles. The molecule has 2 amide bonds. The fraction of sp³-hybridized carbons (Fsp3) is 0.227. The van der Waals surface area contributed by atoms with Crippen LogP contribution in [0.25, 0.3) is 10.4 Å². The van der Waals surface area contributed by atoms with Crippen molar-refractivity contribution >= 4 is 51.8 Å². The van der Waals surface area contributed by atoms with Gasteiger partial charge in [-0.3, -0.25) is 9.59 Å². The number of carbonyl (C=O) groups is 2. The lowest BCUT2D eigenvalue weighted by atomic mass is 10.1. The Hall–Kier alpha value is -2.76. The molecule has 0 aliphatic carbocycles. The molecule has 33 heavy (non-hydrogen) atoms. The first kappa shape index (κ1) is 23.4. The Morgan fingerprint density at radius 1 is 1.09 bits per heavy atom. The molecule has 4 N–H and O–H groups in total. The van der Waals surface area contributed by atoms with Gasteiger partial charge < -0.3 is 20.2 Å². The van der Waals surface area contributed by atoms with E-state index < -0.39 is 18.1 Å². The van der Waals surface area contributed by atoms with Crippen LogP contribution in [0.15, 0.2) is 46.9 Å². The van der Waals surface area contributed by atoms with E-state index in [0.29, 0.717) is 26.1 Å². The number of halogens is 1. The Kier molecular flexibility index (Phi) is 6.82. The van der Waals surface area contributed by atoms with Crippen molar-refractivity contribution in [2.75, 3.05) is 13.1 Å². The molecule has 4 rings (SSSR count). The van der Waals surface area contributed by atoms with Crippen LogP contribution in [0.4, 0.5) is 0 Å². The first-order valence-corrected chi connectivity index (χ1v) is 12.0. The van der Waals surface area contributed by atoms with Gasteiger partial charge >= 0.3 is 0 Å². The van der Waals surface area contributed by atoms with Gasteiger partial charge in [-0.15, -0.1) is 22.7 Å². The number of likely N-dealkylation sites (tertiary alicyclic amines) is 1. The Balaban J connectivity index is 1.43. The van der Waals surface area contributed by atoms with Gasteiger partial charge in [0.2, 0.25) is 0 Å². The number of nitrogens with zero attached hydrogens (tertiary/aromatic N) is 2. The first-order valence-electron chi connectivity index (χ1n) is 9.91. The topological polar surface area (TPSA) is 122 Å². The number of hydrogen-bond acceptors (Lipinski definition) is 8. The summed E-state index contributed by atoms with van der Waals surface area (Å²) in [6.07, 6.45) is -1.94. The van der Waals surface area contributed by atoms with Gasteiger partial charge in [0.05, 0.1) is 38.1 Å². The SMILES string of the molecule is CC(=NNC(=O)c1ccc(C(=O)N2CC(O)C(O)C2)s1)c1csc(-c2ccc(Cl)cc2)c1O. The summed E-state index contributed by atoms with van der Waals surface area (Å²) in [5.41, 5.74) is 4.19. The van der Waals surface area contributed by atoms with Crippen molar-refractivity contribution in [3.63, 3.8) is 0 Å². The number of thiophene rings is 2. The molecule has 0 saturated carbocycles. The summed E-state index contributed by atoms with van der Waals surface area (Å²) in [5, 5.41) is 36.3. The summed E-state index contributed by atoms with van der Waals surface area (Å²) in [6.45, 7) is 1.76. The average Bonchev–Trinajstić information content (AvgIpc) is 3.51. The molecular weight excluding hydrogens is 486 g/mol. The number of benzene rings is 1. The molecule has 1 fully saturated rings. The molecule has 3 heterocycles. The predicted octanol–water partition coefficient (Wildman–Crippen LogP) is 3.17. The van der Waals surface area contributed by atoms with Crippen LogP contribution in [0.1, 0.15) is 31.8 Å². The molecule has 1 aliphatic rings. The Labute approximate surface area is 202 Å². The summed E-state index contributed by atoms with van der Waals surface area (Å²) in [6, 6.07) is 10.1. The fourth-order valence-corrected chi connectivity index (χ4v) is 5.33. The number of aliphatic hydroxyl groups is 2. The zero-order valence-corrected chi connectivity index (χ0v) is 19.7. The largest absolute Gasteiger partial charge is 0.506 e. The maximum absolute atomic E-state index is 12.5. The van der Waals surface area contributed by atoms with E-state index in [9.17, 15) is 24.9 Å². The van der Waals surface area contributed by atoms with Gasteiger partial charge in [-0.05, 0) is 36.8 Å². The quantitative estimate of drug-likeness (QED) is 0.313. The fourth-order valence-electron chi connectivity index (χ4n) is 3.33. The van der Waals surface area contributed by atoms with Gasteiger partial charge in [-0.2, -0.15) is 5.10 Å². The zero-order chi connectivity index (χ0) is 23.7. The molecule has 172 valence electrons. The highest BCUT2D eigenvalue weighted by Crippen LogP contribution is 2.39. The molecule has 11 heteroatoms. The van der Waals surface area contributed by atoms with E-state index in [2.05, 4.69) is 10.5 Å². The minimum Gasteiger partial charge on any atom is -0.506 e. The number of hydrazone groups is 1. The summed E-state index contributed by atoms with van der Waals surface area (Å²) >= 11 is 8.27. The van der Waals surface area contributed by atoms with Gasteiger partial charge in [0.15, 0.2) is 0 Å². The molecule has 0 bridgehead atoms. The number of carbonyl (C=O) groups excluding carboxylic acids is 2. The molecule has 2 atom stereocenters. The molecule has 0 radical (unpaired) electrons. The number of β-amino-alcohol motifs (C(OH)–C–C–N with tert-alkyl or cyclic N) is 2. The minimum absolute atomic E-state index is 0.0467. The zero-order valence-electron chi connectivity index (χ0n) is 17.4. The number of nitrogens with one attached hydrogen (secondary N) is 1. The van der Waals surface area contributed by atoms with Crippen LogP contribution in [0.3, 0.4) is 0 Å². The third-order valence-corrected chi connectivity index (χ3v) is 7.52. The Bertz CT molecular complexity index is 1210. The summed E-state index contributed by atoms with van der Waals surface area (Å²) in [4.78, 5) is 27.6. The lowest BCUT2D eigenvalue weighted by Crippen LogP contribution is -2.29. The molecule has 8 nitrogen and oxygen atoms in total. The summed E-state index contributed by atoms with van der Waals surface area (Å²) < 4.78 is 0. The molecule has 2 unspecified atom stereocenters. The molecule has 1 aliphatic heterocycles. The number of aromatic hydroxyl groups is 1. The van der Waals surface area contributed by atoms with Crippen LogP contribution in [0, 0.1) is 0 Å². The first-order chi connectivity index (χ1) is 15.7. The molecule has 0 spiro atoms. The summed E-state index contributed by atoms with van der Waals surface area (Å²) in [5.74, 6) is -0.781. The maximum Gasteiger partial charge on any atom is 0.281 e. The van der Waals surface area contributed by atoms with Crippen LogP contribution < -0.4 is 5.43 Å². The maximum atomic E-state index is 12.5. The van der Waals surface area contributed by atoms with E-state index >= 15 is 0 Å². The Morgan fingerprint density at radius 2 is 1.73 bits per heavy atom. The standard InChI is InChI=1S/C22H20ClN3O5S2/c1-11(14-10-32-20(19(14)29)12-2-4-13(23)5-3-12)24-25-21(30)17-6-7-18(33-17)22(31)26-8-15(27)16(28)9-26/h2-7,10,15-16,27-29H,8-9H2,1H3,(H,25,30). The lowest BCUT2D eigenvalue weighted by molar-refractivity contribution is 0.0572. The second-order valence-electron chi connectivity index (χ2n) is 7.48. The van der Waals surface area contributed by atoms with Crippen molar-refractivity contribution in [2.45, 2.75) is 19.1 Å².